The molecule has 3 heteroatoms. The summed E-state index contributed by atoms with van der Waals surface area (Å²) >= 11 is 0. The smallest absolute Gasteiger partial charge is 0.130 e. The van der Waals surface area contributed by atoms with E-state index in [1.54, 1.807) is 0 Å². The molecule has 1 aromatic rings. The Hall–Kier alpha value is -1.09. The molecule has 1 aromatic heterocycles. The maximum atomic E-state index is 4.44. The van der Waals surface area contributed by atoms with Crippen molar-refractivity contribution in [3.05, 3.63) is 23.9 Å². The Labute approximate surface area is 104 Å². The molecule has 1 aliphatic heterocycles. The van der Waals surface area contributed by atoms with Gasteiger partial charge in [-0.15, -0.1) is 0 Å². The second-order valence-corrected chi connectivity index (χ2v) is 5.07. The van der Waals surface area contributed by atoms with Gasteiger partial charge in [-0.2, -0.15) is 0 Å². The molecular weight excluding hydrogens is 210 g/mol. The van der Waals surface area contributed by atoms with E-state index in [2.05, 4.69) is 35.1 Å². The lowest BCUT2D eigenvalue weighted by atomic mass is 10.2. The zero-order chi connectivity index (χ0) is 12.1. The molecule has 0 bridgehead atoms. The first-order chi connectivity index (χ1) is 8.29. The summed E-state index contributed by atoms with van der Waals surface area (Å²) < 4.78 is 0. The van der Waals surface area contributed by atoms with Crippen LogP contribution in [0.5, 0.6) is 0 Å². The zero-order valence-corrected chi connectivity index (χ0v) is 10.9. The van der Waals surface area contributed by atoms with Crippen molar-refractivity contribution < 1.29 is 0 Å². The Balaban J connectivity index is 1.99. The molecule has 1 fully saturated rings. The highest BCUT2D eigenvalue weighted by molar-refractivity contribution is 5.43. The van der Waals surface area contributed by atoms with Crippen molar-refractivity contribution in [2.75, 3.05) is 25.0 Å². The minimum absolute atomic E-state index is 0.846. The van der Waals surface area contributed by atoms with Crippen LogP contribution in [0.25, 0.3) is 0 Å². The van der Waals surface area contributed by atoms with Gasteiger partial charge in [0.2, 0.25) is 0 Å². The fourth-order valence-corrected chi connectivity index (χ4v) is 2.38. The van der Waals surface area contributed by atoms with Crippen LogP contribution in [-0.2, 0) is 6.54 Å². The van der Waals surface area contributed by atoms with Crippen molar-refractivity contribution in [2.45, 2.75) is 33.2 Å². The molecule has 1 aliphatic rings. The first kappa shape index (κ1) is 12.4. The number of pyridine rings is 1. The van der Waals surface area contributed by atoms with Crippen LogP contribution in [0.2, 0.25) is 0 Å². The van der Waals surface area contributed by atoms with Crippen LogP contribution in [-0.4, -0.2) is 29.5 Å². The fourth-order valence-electron chi connectivity index (χ4n) is 2.38. The SMILES string of the molecule is CCCNc1ncccc1CN1CCC(C)C1. The summed E-state index contributed by atoms with van der Waals surface area (Å²) in [5, 5.41) is 3.41. The molecule has 17 heavy (non-hydrogen) atoms. The maximum absolute atomic E-state index is 4.44. The van der Waals surface area contributed by atoms with Crippen molar-refractivity contribution >= 4 is 5.82 Å². The second kappa shape index (κ2) is 6.01. The molecule has 2 rings (SSSR count). The summed E-state index contributed by atoms with van der Waals surface area (Å²) in [4.78, 5) is 6.97. The second-order valence-electron chi connectivity index (χ2n) is 5.07. The molecule has 3 nitrogen and oxygen atoms in total. The first-order valence-corrected chi connectivity index (χ1v) is 6.69. The van der Waals surface area contributed by atoms with Gasteiger partial charge in [-0.05, 0) is 31.4 Å². The van der Waals surface area contributed by atoms with E-state index in [0.29, 0.717) is 0 Å². The summed E-state index contributed by atoms with van der Waals surface area (Å²) in [5.74, 6) is 1.91. The monoisotopic (exact) mass is 233 g/mol. The van der Waals surface area contributed by atoms with E-state index in [0.717, 1.165) is 31.2 Å². The Morgan fingerprint density at radius 3 is 3.12 bits per heavy atom. The number of likely N-dealkylation sites (tertiary alicyclic amines) is 1. The summed E-state index contributed by atoms with van der Waals surface area (Å²) in [7, 11) is 0. The van der Waals surface area contributed by atoms with Crippen LogP contribution < -0.4 is 5.32 Å². The van der Waals surface area contributed by atoms with Gasteiger partial charge in [-0.25, -0.2) is 4.98 Å². The van der Waals surface area contributed by atoms with Crippen molar-refractivity contribution in [3.8, 4) is 0 Å². The van der Waals surface area contributed by atoms with E-state index in [-0.39, 0.29) is 0 Å². The van der Waals surface area contributed by atoms with Crippen LogP contribution in [0.4, 0.5) is 5.82 Å². The van der Waals surface area contributed by atoms with Gasteiger partial charge in [0.05, 0.1) is 0 Å². The molecule has 0 saturated carbocycles. The molecule has 0 spiro atoms. The molecule has 1 atom stereocenters. The van der Waals surface area contributed by atoms with Crippen LogP contribution in [0.3, 0.4) is 0 Å². The Morgan fingerprint density at radius 1 is 1.53 bits per heavy atom. The van der Waals surface area contributed by atoms with E-state index in [4.69, 9.17) is 0 Å². The van der Waals surface area contributed by atoms with E-state index in [9.17, 15) is 0 Å². The van der Waals surface area contributed by atoms with Crippen molar-refractivity contribution in [3.63, 3.8) is 0 Å². The molecular formula is C14H23N3. The number of rotatable bonds is 5. The Bertz CT molecular complexity index is 351. The molecule has 1 N–H and O–H groups in total. The maximum Gasteiger partial charge on any atom is 0.130 e. The molecule has 0 amide bonds. The summed E-state index contributed by atoms with van der Waals surface area (Å²) in [6, 6.07) is 4.22. The molecule has 2 heterocycles. The highest BCUT2D eigenvalue weighted by atomic mass is 15.1. The molecule has 0 aromatic carbocycles. The van der Waals surface area contributed by atoms with Crippen molar-refractivity contribution in [1.82, 2.24) is 9.88 Å². The summed E-state index contributed by atoms with van der Waals surface area (Å²) in [5.41, 5.74) is 1.33. The lowest BCUT2D eigenvalue weighted by Gasteiger charge is -2.17. The van der Waals surface area contributed by atoms with E-state index in [1.807, 2.05) is 12.3 Å². The standard InChI is InChI=1S/C14H23N3/c1-3-7-15-14-13(5-4-8-16-14)11-17-9-6-12(2)10-17/h4-5,8,12H,3,6-7,9-11H2,1-2H3,(H,15,16). The third-order valence-corrected chi connectivity index (χ3v) is 3.34. The van der Waals surface area contributed by atoms with Crippen LogP contribution in [0.15, 0.2) is 18.3 Å². The number of anilines is 1. The van der Waals surface area contributed by atoms with Crippen LogP contribution in [0, 0.1) is 5.92 Å². The third kappa shape index (κ3) is 3.43. The minimum atomic E-state index is 0.846. The summed E-state index contributed by atoms with van der Waals surface area (Å²) in [6.07, 6.45) is 4.34. The van der Waals surface area contributed by atoms with Gasteiger partial charge >= 0.3 is 0 Å². The van der Waals surface area contributed by atoms with Crippen molar-refractivity contribution in [1.29, 1.82) is 0 Å². The predicted molar refractivity (Wildman–Crippen MR) is 72.1 cm³/mol. The van der Waals surface area contributed by atoms with Gasteiger partial charge in [0.1, 0.15) is 5.82 Å². The van der Waals surface area contributed by atoms with E-state index in [1.165, 1.54) is 25.1 Å². The van der Waals surface area contributed by atoms with Gasteiger partial charge in [-0.3, -0.25) is 4.90 Å². The average Bonchev–Trinajstić information content (AvgIpc) is 2.74. The largest absolute Gasteiger partial charge is 0.370 e. The van der Waals surface area contributed by atoms with Crippen LogP contribution in [0.1, 0.15) is 32.3 Å². The predicted octanol–water partition coefficient (Wildman–Crippen LogP) is 2.75. The fraction of sp³-hybridized carbons (Fsp3) is 0.643. The Morgan fingerprint density at radius 2 is 2.41 bits per heavy atom. The lowest BCUT2D eigenvalue weighted by molar-refractivity contribution is 0.320. The van der Waals surface area contributed by atoms with Gasteiger partial charge in [-0.1, -0.05) is 19.9 Å². The molecule has 1 saturated heterocycles. The topological polar surface area (TPSA) is 28.2 Å². The number of hydrogen-bond acceptors (Lipinski definition) is 3. The van der Waals surface area contributed by atoms with Gasteiger partial charge in [0.25, 0.3) is 0 Å². The molecule has 0 radical (unpaired) electrons. The molecule has 0 aliphatic carbocycles. The van der Waals surface area contributed by atoms with Gasteiger partial charge in [0, 0.05) is 31.4 Å². The normalized spacial score (nSPS) is 20.7. The van der Waals surface area contributed by atoms with E-state index < -0.39 is 0 Å². The number of aromatic nitrogens is 1. The molecule has 94 valence electrons. The highest BCUT2D eigenvalue weighted by Gasteiger charge is 2.19. The molecule has 1 unspecified atom stereocenters. The first-order valence-electron chi connectivity index (χ1n) is 6.69. The van der Waals surface area contributed by atoms with Crippen LogP contribution >= 0.6 is 0 Å². The quantitative estimate of drug-likeness (QED) is 0.847. The van der Waals surface area contributed by atoms with Gasteiger partial charge in [0.15, 0.2) is 0 Å². The minimum Gasteiger partial charge on any atom is -0.370 e. The zero-order valence-electron chi connectivity index (χ0n) is 10.9. The number of nitrogens with one attached hydrogen (secondary N) is 1. The average molecular weight is 233 g/mol. The Kier molecular flexibility index (Phi) is 4.37. The highest BCUT2D eigenvalue weighted by Crippen LogP contribution is 2.20. The lowest BCUT2D eigenvalue weighted by Crippen LogP contribution is -2.20. The van der Waals surface area contributed by atoms with E-state index >= 15 is 0 Å². The van der Waals surface area contributed by atoms with Gasteiger partial charge < -0.3 is 5.32 Å². The number of nitrogens with zero attached hydrogens (tertiary/aromatic N) is 2. The summed E-state index contributed by atoms with van der Waals surface area (Å²) in [6.45, 7) is 8.99. The van der Waals surface area contributed by atoms with Crippen molar-refractivity contribution in [2.24, 2.45) is 5.92 Å². The number of hydrogen-bond donors (Lipinski definition) is 1. The third-order valence-electron chi connectivity index (χ3n) is 3.34.